The number of nitrogens with zero attached hydrogens (tertiary/aromatic N) is 1. The highest BCUT2D eigenvalue weighted by Crippen LogP contribution is 2.37. The Bertz CT molecular complexity index is 1100. The van der Waals surface area contributed by atoms with Crippen LogP contribution >= 0.6 is 0 Å². The third-order valence-electron chi connectivity index (χ3n) is 5.98. The summed E-state index contributed by atoms with van der Waals surface area (Å²) in [5, 5.41) is 2.69. The Hall–Kier alpha value is -3.33. The Kier molecular flexibility index (Phi) is 10.1. The molecule has 0 radical (unpaired) electrons. The van der Waals surface area contributed by atoms with Gasteiger partial charge in [-0.2, -0.15) is 0 Å². The highest BCUT2D eigenvalue weighted by molar-refractivity contribution is 5.97. The second-order valence-electron chi connectivity index (χ2n) is 8.73. The zero-order valence-electron chi connectivity index (χ0n) is 22.0. The summed E-state index contributed by atoms with van der Waals surface area (Å²) in [5.74, 6) is -0.103. The van der Waals surface area contributed by atoms with Crippen LogP contribution in [0.2, 0.25) is 0 Å². The lowest BCUT2D eigenvalue weighted by Crippen LogP contribution is -2.24. The van der Waals surface area contributed by atoms with E-state index >= 15 is 0 Å². The molecule has 1 amide bonds. The van der Waals surface area contributed by atoms with Crippen LogP contribution in [0.25, 0.3) is 11.1 Å². The number of rotatable bonds is 9. The number of allylic oxidation sites excluding steroid dienone is 9. The zero-order chi connectivity index (χ0) is 25.3. The summed E-state index contributed by atoms with van der Waals surface area (Å²) in [7, 11) is 1.65. The Morgan fingerprint density at radius 2 is 1.76 bits per heavy atom. The SMILES string of the molecule is C=C1C=C(C(=O)NC)C=CN1/C(CC)=C(\CCC)c1ccccc1C(=C/C=C(C)C)/C(C)=C\C. The van der Waals surface area contributed by atoms with E-state index in [0.29, 0.717) is 5.57 Å². The average molecular weight is 457 g/mol. The standard InChI is InChI=1S/C31H40N2O/c1-9-14-29(30(11-3)33-20-19-25(21-24(33)7)31(34)32-8)28-16-13-12-15-27(28)26(23(6)10-2)18-17-22(4)5/h10,12-13,15-21H,7,9,11,14H2,1-6,8H3,(H,32,34)/b23-10-,26-18+,30-29+. The van der Waals surface area contributed by atoms with Crippen LogP contribution in [0.4, 0.5) is 0 Å². The predicted molar refractivity (Wildman–Crippen MR) is 148 cm³/mol. The van der Waals surface area contributed by atoms with E-state index in [4.69, 9.17) is 0 Å². The number of hydrogen-bond acceptors (Lipinski definition) is 2. The minimum Gasteiger partial charge on any atom is -0.355 e. The fraction of sp³-hybridized carbons (Fsp3) is 0.323. The summed E-state index contributed by atoms with van der Waals surface area (Å²) < 4.78 is 0. The van der Waals surface area contributed by atoms with Crippen LogP contribution in [0.5, 0.6) is 0 Å². The van der Waals surface area contributed by atoms with E-state index in [-0.39, 0.29) is 5.91 Å². The number of likely N-dealkylation sites (N-methyl/N-ethyl adjacent to an activating group) is 1. The van der Waals surface area contributed by atoms with Gasteiger partial charge in [0.1, 0.15) is 0 Å². The first-order valence-electron chi connectivity index (χ1n) is 12.2. The number of amides is 1. The highest BCUT2D eigenvalue weighted by Gasteiger charge is 2.21. The van der Waals surface area contributed by atoms with Gasteiger partial charge in [-0.05, 0) is 80.5 Å². The van der Waals surface area contributed by atoms with Crippen LogP contribution in [0, 0.1) is 0 Å². The van der Waals surface area contributed by atoms with E-state index in [0.717, 1.165) is 25.0 Å². The average Bonchev–Trinajstić information content (AvgIpc) is 2.84. The van der Waals surface area contributed by atoms with Gasteiger partial charge in [-0.3, -0.25) is 4.79 Å². The lowest BCUT2D eigenvalue weighted by molar-refractivity contribution is -0.116. The molecule has 0 unspecified atom stereocenters. The van der Waals surface area contributed by atoms with Gasteiger partial charge in [0.15, 0.2) is 0 Å². The third-order valence-corrected chi connectivity index (χ3v) is 5.98. The minimum atomic E-state index is -0.103. The maximum Gasteiger partial charge on any atom is 0.251 e. The van der Waals surface area contributed by atoms with Crippen molar-refractivity contribution in [3.63, 3.8) is 0 Å². The van der Waals surface area contributed by atoms with Gasteiger partial charge in [0.2, 0.25) is 0 Å². The molecule has 1 aliphatic heterocycles. The number of carbonyl (C=O) groups excluding carboxylic acids is 1. The zero-order valence-corrected chi connectivity index (χ0v) is 22.0. The van der Waals surface area contributed by atoms with Gasteiger partial charge in [0.05, 0.1) is 0 Å². The second kappa shape index (κ2) is 12.8. The molecule has 1 aromatic carbocycles. The van der Waals surface area contributed by atoms with E-state index in [1.165, 1.54) is 39.1 Å². The van der Waals surface area contributed by atoms with E-state index in [2.05, 4.69) is 101 Å². The van der Waals surface area contributed by atoms with Crippen molar-refractivity contribution in [3.8, 4) is 0 Å². The number of carbonyl (C=O) groups is 1. The molecule has 0 fully saturated rings. The molecule has 0 aromatic heterocycles. The Balaban J connectivity index is 2.74. The number of nitrogens with one attached hydrogen (secondary N) is 1. The maximum absolute atomic E-state index is 12.1. The van der Waals surface area contributed by atoms with E-state index < -0.39 is 0 Å². The fourth-order valence-corrected chi connectivity index (χ4v) is 4.13. The van der Waals surface area contributed by atoms with Crippen LogP contribution in [0.1, 0.15) is 71.9 Å². The summed E-state index contributed by atoms with van der Waals surface area (Å²) in [4.78, 5) is 14.3. The molecular formula is C31H40N2O. The molecule has 3 heteroatoms. The molecule has 0 spiro atoms. The van der Waals surface area contributed by atoms with Crippen molar-refractivity contribution in [2.45, 2.75) is 60.8 Å². The topological polar surface area (TPSA) is 32.3 Å². The highest BCUT2D eigenvalue weighted by atomic mass is 16.1. The van der Waals surface area contributed by atoms with E-state index in [9.17, 15) is 4.79 Å². The predicted octanol–water partition coefficient (Wildman–Crippen LogP) is 7.94. The summed E-state index contributed by atoms with van der Waals surface area (Å²) >= 11 is 0. The molecule has 2 rings (SSSR count). The number of benzene rings is 1. The summed E-state index contributed by atoms with van der Waals surface area (Å²) in [5.41, 5.74) is 10.2. The smallest absolute Gasteiger partial charge is 0.251 e. The van der Waals surface area contributed by atoms with Gasteiger partial charge < -0.3 is 10.2 Å². The number of hydrogen-bond donors (Lipinski definition) is 1. The van der Waals surface area contributed by atoms with Gasteiger partial charge in [-0.25, -0.2) is 0 Å². The largest absolute Gasteiger partial charge is 0.355 e. The molecular weight excluding hydrogens is 416 g/mol. The molecule has 1 heterocycles. The monoisotopic (exact) mass is 456 g/mol. The minimum absolute atomic E-state index is 0.103. The van der Waals surface area contributed by atoms with E-state index in [1.54, 1.807) is 7.05 Å². The first kappa shape index (κ1) is 26.9. The van der Waals surface area contributed by atoms with Crippen molar-refractivity contribution in [3.05, 3.63) is 107 Å². The van der Waals surface area contributed by atoms with Gasteiger partial charge in [-0.1, -0.05) is 74.9 Å². The lowest BCUT2D eigenvalue weighted by Gasteiger charge is -2.30. The summed E-state index contributed by atoms with van der Waals surface area (Å²) in [6.45, 7) is 17.2. The van der Waals surface area contributed by atoms with Gasteiger partial charge in [-0.15, -0.1) is 0 Å². The fourth-order valence-electron chi connectivity index (χ4n) is 4.13. The summed E-state index contributed by atoms with van der Waals surface area (Å²) in [6.07, 6.45) is 15.1. The van der Waals surface area contributed by atoms with Crippen molar-refractivity contribution in [1.82, 2.24) is 10.2 Å². The molecule has 0 saturated heterocycles. The van der Waals surface area contributed by atoms with Crippen molar-refractivity contribution < 1.29 is 4.79 Å². The van der Waals surface area contributed by atoms with Gasteiger partial charge in [0, 0.05) is 30.2 Å². The molecule has 1 aliphatic rings. The van der Waals surface area contributed by atoms with E-state index in [1.807, 2.05) is 18.4 Å². The Labute approximate surface area is 206 Å². The van der Waals surface area contributed by atoms with Crippen LogP contribution in [-0.4, -0.2) is 17.9 Å². The molecule has 1 aromatic rings. The van der Waals surface area contributed by atoms with Gasteiger partial charge >= 0.3 is 0 Å². The molecule has 0 saturated carbocycles. The summed E-state index contributed by atoms with van der Waals surface area (Å²) in [6, 6.07) is 8.69. The Morgan fingerprint density at radius 1 is 1.09 bits per heavy atom. The van der Waals surface area contributed by atoms with Crippen LogP contribution in [-0.2, 0) is 4.79 Å². The van der Waals surface area contributed by atoms with Crippen molar-refractivity contribution in [2.75, 3.05) is 7.05 Å². The molecule has 3 nitrogen and oxygen atoms in total. The first-order valence-corrected chi connectivity index (χ1v) is 12.2. The first-order chi connectivity index (χ1) is 16.3. The van der Waals surface area contributed by atoms with Crippen LogP contribution in [0.3, 0.4) is 0 Å². The van der Waals surface area contributed by atoms with Crippen molar-refractivity contribution >= 4 is 17.1 Å². The maximum atomic E-state index is 12.1. The van der Waals surface area contributed by atoms with Crippen LogP contribution < -0.4 is 5.32 Å². The lowest BCUT2D eigenvalue weighted by atomic mass is 9.87. The molecule has 34 heavy (non-hydrogen) atoms. The quantitative estimate of drug-likeness (QED) is 0.383. The molecule has 0 atom stereocenters. The van der Waals surface area contributed by atoms with Gasteiger partial charge in [0.25, 0.3) is 5.91 Å². The normalized spacial score (nSPS) is 15.1. The molecule has 0 aliphatic carbocycles. The van der Waals surface area contributed by atoms with Crippen LogP contribution in [0.15, 0.2) is 95.5 Å². The third kappa shape index (κ3) is 6.38. The van der Waals surface area contributed by atoms with Crippen molar-refractivity contribution in [2.24, 2.45) is 0 Å². The molecule has 1 N–H and O–H groups in total. The van der Waals surface area contributed by atoms with Crippen molar-refractivity contribution in [1.29, 1.82) is 0 Å². The Morgan fingerprint density at radius 3 is 2.29 bits per heavy atom. The second-order valence-corrected chi connectivity index (χ2v) is 8.73. The molecule has 0 bridgehead atoms. The molecule has 180 valence electrons.